The van der Waals surface area contributed by atoms with Crippen LogP contribution >= 0.6 is 0 Å². The fourth-order valence-corrected chi connectivity index (χ4v) is 4.31. The van der Waals surface area contributed by atoms with Crippen LogP contribution in [0, 0.1) is 17.8 Å². The van der Waals surface area contributed by atoms with Gasteiger partial charge in [0, 0.05) is 5.92 Å². The van der Waals surface area contributed by atoms with Crippen LogP contribution in [0.1, 0.15) is 38.5 Å². The lowest BCUT2D eigenvalue weighted by molar-refractivity contribution is -0.173. The number of ether oxygens (including phenoxy) is 1. The van der Waals surface area contributed by atoms with Crippen LogP contribution in [0.2, 0.25) is 0 Å². The molecule has 5 unspecified atom stereocenters. The number of hydrogen-bond acceptors (Lipinski definition) is 2. The minimum atomic E-state index is -4.64. The van der Waals surface area contributed by atoms with Crippen LogP contribution in [0.25, 0.3) is 0 Å². The number of carbonyl (C=O) groups is 1. The summed E-state index contributed by atoms with van der Waals surface area (Å²) in [4.78, 5) is 11.1. The summed E-state index contributed by atoms with van der Waals surface area (Å²) >= 11 is 0. The predicted molar refractivity (Wildman–Crippen MR) is 68.6 cm³/mol. The van der Waals surface area contributed by atoms with Gasteiger partial charge in [0.1, 0.15) is 0 Å². The van der Waals surface area contributed by atoms with E-state index >= 15 is 0 Å². The normalized spacial score (nSPS) is 40.0. The summed E-state index contributed by atoms with van der Waals surface area (Å²) < 4.78 is 44.7. The minimum Gasteiger partial charge on any atom is -0.479 e. The zero-order chi connectivity index (χ0) is 15.2. The lowest BCUT2D eigenvalue weighted by atomic mass is 9.63. The van der Waals surface area contributed by atoms with E-state index in [9.17, 15) is 18.0 Å². The first-order valence-corrected chi connectivity index (χ1v) is 7.55. The average Bonchev–Trinajstić information content (AvgIpc) is 2.44. The van der Waals surface area contributed by atoms with Crippen molar-refractivity contribution in [3.05, 3.63) is 11.6 Å². The van der Waals surface area contributed by atoms with Gasteiger partial charge in [-0.15, -0.1) is 0 Å². The van der Waals surface area contributed by atoms with E-state index in [1.54, 1.807) is 0 Å². The highest BCUT2D eigenvalue weighted by atomic mass is 19.4. The fraction of sp³-hybridized carbons (Fsp3) is 0.800. The second kappa shape index (κ2) is 5.30. The summed E-state index contributed by atoms with van der Waals surface area (Å²) in [5, 5.41) is 9.03. The molecule has 1 heterocycles. The molecule has 2 fully saturated rings. The molecule has 21 heavy (non-hydrogen) atoms. The summed E-state index contributed by atoms with van der Waals surface area (Å²) in [6.45, 7) is 0. The highest BCUT2D eigenvalue weighted by Crippen LogP contribution is 2.49. The maximum absolute atomic E-state index is 13.1. The van der Waals surface area contributed by atoms with Crippen molar-refractivity contribution in [2.24, 2.45) is 17.8 Å². The van der Waals surface area contributed by atoms with E-state index in [-0.39, 0.29) is 17.9 Å². The molecule has 3 nitrogen and oxygen atoms in total. The first-order valence-electron chi connectivity index (χ1n) is 7.55. The summed E-state index contributed by atoms with van der Waals surface area (Å²) in [5.74, 6) is -1.15. The summed E-state index contributed by atoms with van der Waals surface area (Å²) in [7, 11) is 0. The maximum atomic E-state index is 13.1. The number of carboxylic acid groups (broad SMARTS) is 1. The maximum Gasteiger partial charge on any atom is 0.415 e. The number of carboxylic acids is 1. The topological polar surface area (TPSA) is 46.5 Å². The molecule has 0 aromatic heterocycles. The molecular weight excluding hydrogens is 285 g/mol. The van der Waals surface area contributed by atoms with Crippen LogP contribution < -0.4 is 0 Å². The second-order valence-corrected chi connectivity index (χ2v) is 6.38. The van der Waals surface area contributed by atoms with Gasteiger partial charge in [0.2, 0.25) is 0 Å². The quantitative estimate of drug-likeness (QED) is 0.754. The van der Waals surface area contributed by atoms with Crippen molar-refractivity contribution in [3.63, 3.8) is 0 Å². The van der Waals surface area contributed by atoms with E-state index < -0.39 is 23.8 Å². The van der Waals surface area contributed by atoms with Gasteiger partial charge < -0.3 is 9.84 Å². The number of alkyl halides is 3. The molecule has 5 atom stereocenters. The smallest absolute Gasteiger partial charge is 0.415 e. The molecule has 1 N–H and O–H groups in total. The molecule has 0 amide bonds. The van der Waals surface area contributed by atoms with Crippen LogP contribution in [-0.4, -0.2) is 29.5 Å². The highest BCUT2D eigenvalue weighted by molar-refractivity contribution is 5.77. The van der Waals surface area contributed by atoms with E-state index in [2.05, 4.69) is 0 Å². The van der Waals surface area contributed by atoms with Gasteiger partial charge in [-0.2, -0.15) is 13.2 Å². The second-order valence-electron chi connectivity index (χ2n) is 6.38. The lowest BCUT2D eigenvalue weighted by Crippen LogP contribution is -2.48. The van der Waals surface area contributed by atoms with Gasteiger partial charge in [0.05, 0.1) is 11.7 Å². The fourth-order valence-electron chi connectivity index (χ4n) is 4.31. The molecule has 0 spiro atoms. The predicted octanol–water partition coefficient (Wildman–Crippen LogP) is 3.54. The van der Waals surface area contributed by atoms with E-state index in [4.69, 9.17) is 9.84 Å². The molecule has 0 radical (unpaired) electrons. The molecule has 1 aliphatic heterocycles. The van der Waals surface area contributed by atoms with Crippen molar-refractivity contribution < 1.29 is 27.8 Å². The summed E-state index contributed by atoms with van der Waals surface area (Å²) in [6, 6.07) is 0. The number of aliphatic carboxylic acids is 1. The van der Waals surface area contributed by atoms with Gasteiger partial charge in [-0.1, -0.05) is 25.3 Å². The largest absolute Gasteiger partial charge is 0.479 e. The molecule has 2 saturated carbocycles. The Balaban J connectivity index is 1.94. The molecule has 0 aromatic rings. The van der Waals surface area contributed by atoms with E-state index in [1.165, 1.54) is 6.08 Å². The molecule has 2 aliphatic carbocycles. The zero-order valence-corrected chi connectivity index (χ0v) is 11.6. The SMILES string of the molecule is O=C(O)C1OC2CCC3CCCCC3C2C=C1C(F)(F)F. The third kappa shape index (κ3) is 2.70. The first kappa shape index (κ1) is 14.9. The molecule has 3 rings (SSSR count). The Morgan fingerprint density at radius 1 is 1.19 bits per heavy atom. The minimum absolute atomic E-state index is 0.213. The van der Waals surface area contributed by atoms with Crippen LogP contribution in [0.3, 0.4) is 0 Å². The van der Waals surface area contributed by atoms with Crippen molar-refractivity contribution >= 4 is 5.97 Å². The van der Waals surface area contributed by atoms with Crippen molar-refractivity contribution in [1.29, 1.82) is 0 Å². The van der Waals surface area contributed by atoms with Gasteiger partial charge in [-0.05, 0) is 31.1 Å². The standard InChI is InChI=1S/C15H19F3O3/c16-15(17,18)11-7-10-9-4-2-1-3-8(9)5-6-12(10)21-13(11)14(19)20/h7-10,12-13H,1-6H2,(H,19,20). The van der Waals surface area contributed by atoms with Crippen molar-refractivity contribution in [3.8, 4) is 0 Å². The Labute approximate surface area is 121 Å². The molecule has 3 aliphatic rings. The number of halogens is 3. The van der Waals surface area contributed by atoms with Crippen LogP contribution in [0.15, 0.2) is 11.6 Å². The Kier molecular flexibility index (Phi) is 3.76. The number of hydrogen-bond donors (Lipinski definition) is 1. The van der Waals surface area contributed by atoms with Crippen molar-refractivity contribution in [2.75, 3.05) is 0 Å². The molecular formula is C15H19F3O3. The molecule has 0 saturated heterocycles. The third-order valence-electron chi connectivity index (χ3n) is 5.23. The first-order chi connectivity index (χ1) is 9.88. The van der Waals surface area contributed by atoms with Crippen LogP contribution in [-0.2, 0) is 9.53 Å². The lowest BCUT2D eigenvalue weighted by Gasteiger charge is -2.47. The van der Waals surface area contributed by atoms with Gasteiger partial charge in [0.25, 0.3) is 0 Å². The summed E-state index contributed by atoms with van der Waals surface area (Å²) in [5.41, 5.74) is -1.03. The van der Waals surface area contributed by atoms with E-state index in [0.717, 1.165) is 32.1 Å². The van der Waals surface area contributed by atoms with Crippen LogP contribution in [0.5, 0.6) is 0 Å². The Hall–Kier alpha value is -1.04. The Bertz CT molecular complexity index is 458. The third-order valence-corrected chi connectivity index (χ3v) is 5.23. The monoisotopic (exact) mass is 304 g/mol. The average molecular weight is 304 g/mol. The zero-order valence-electron chi connectivity index (χ0n) is 11.6. The van der Waals surface area contributed by atoms with Gasteiger partial charge in [0.15, 0.2) is 6.10 Å². The number of rotatable bonds is 1. The molecule has 6 heteroatoms. The van der Waals surface area contributed by atoms with Gasteiger partial charge in [-0.25, -0.2) is 4.79 Å². The number of fused-ring (bicyclic) bond motifs is 3. The van der Waals surface area contributed by atoms with Crippen molar-refractivity contribution in [1.82, 2.24) is 0 Å². The van der Waals surface area contributed by atoms with Gasteiger partial charge in [-0.3, -0.25) is 0 Å². The van der Waals surface area contributed by atoms with Crippen LogP contribution in [0.4, 0.5) is 13.2 Å². The van der Waals surface area contributed by atoms with Crippen molar-refractivity contribution in [2.45, 2.75) is 56.9 Å². The molecule has 0 aromatic carbocycles. The molecule has 0 bridgehead atoms. The summed E-state index contributed by atoms with van der Waals surface area (Å²) in [6.07, 6.45) is 0.0764. The highest BCUT2D eigenvalue weighted by Gasteiger charge is 2.51. The van der Waals surface area contributed by atoms with E-state index in [1.807, 2.05) is 0 Å². The Morgan fingerprint density at radius 3 is 2.57 bits per heavy atom. The molecule has 118 valence electrons. The van der Waals surface area contributed by atoms with E-state index in [0.29, 0.717) is 12.3 Å². The Morgan fingerprint density at radius 2 is 1.90 bits per heavy atom. The van der Waals surface area contributed by atoms with Gasteiger partial charge >= 0.3 is 12.1 Å².